The van der Waals surface area contributed by atoms with Gasteiger partial charge in [0.05, 0.1) is 6.54 Å². The van der Waals surface area contributed by atoms with E-state index in [0.717, 1.165) is 16.7 Å². The van der Waals surface area contributed by atoms with Crippen molar-refractivity contribution in [1.82, 2.24) is 10.6 Å². The zero-order chi connectivity index (χ0) is 14.7. The maximum absolute atomic E-state index is 11.7. The summed E-state index contributed by atoms with van der Waals surface area (Å²) >= 11 is 0. The summed E-state index contributed by atoms with van der Waals surface area (Å²) < 4.78 is 0. The van der Waals surface area contributed by atoms with Crippen LogP contribution in [0, 0.1) is 0 Å². The highest BCUT2D eigenvalue weighted by Crippen LogP contribution is 2.19. The molecule has 0 unspecified atom stereocenters. The Morgan fingerprint density at radius 3 is 2.29 bits per heavy atom. The molecule has 0 saturated carbocycles. The molecule has 0 aliphatic carbocycles. The molecule has 1 heterocycles. The summed E-state index contributed by atoms with van der Waals surface area (Å²) in [6.07, 6.45) is 0.507. The zero-order valence-electron chi connectivity index (χ0n) is 11.5. The minimum atomic E-state index is -0.478. The summed E-state index contributed by atoms with van der Waals surface area (Å²) in [5, 5.41) is 5.30. The number of hydrogen-bond acceptors (Lipinski definition) is 2. The highest BCUT2D eigenvalue weighted by Gasteiger charge is 2.25. The van der Waals surface area contributed by atoms with Gasteiger partial charge in [-0.15, -0.1) is 0 Å². The van der Waals surface area contributed by atoms with Crippen molar-refractivity contribution in [2.75, 3.05) is 6.54 Å². The van der Waals surface area contributed by atoms with E-state index in [1.807, 2.05) is 42.5 Å². The maximum atomic E-state index is 11.7. The minimum Gasteiger partial charge on any atom is -0.345 e. The van der Waals surface area contributed by atoms with Crippen molar-refractivity contribution < 1.29 is 9.59 Å². The third kappa shape index (κ3) is 3.11. The lowest BCUT2D eigenvalue weighted by molar-refractivity contribution is -0.133. The Bertz CT molecular complexity index is 650. The van der Waals surface area contributed by atoms with Crippen molar-refractivity contribution in [3.05, 3.63) is 60.2 Å². The lowest BCUT2D eigenvalue weighted by atomic mass is 10.00. The number of nitrogens with one attached hydrogen (secondary N) is 2. The first kappa shape index (κ1) is 13.4. The fraction of sp³-hybridized carbons (Fsp3) is 0.176. The second-order valence-electron chi connectivity index (χ2n) is 5.10. The first-order chi connectivity index (χ1) is 10.2. The Balaban J connectivity index is 1.73. The topological polar surface area (TPSA) is 58.2 Å². The van der Waals surface area contributed by atoms with Crippen molar-refractivity contribution in [2.24, 2.45) is 0 Å². The van der Waals surface area contributed by atoms with E-state index >= 15 is 0 Å². The van der Waals surface area contributed by atoms with Crippen molar-refractivity contribution in [3.8, 4) is 11.1 Å². The van der Waals surface area contributed by atoms with Crippen molar-refractivity contribution in [1.29, 1.82) is 0 Å². The third-order valence-electron chi connectivity index (χ3n) is 3.58. The first-order valence-electron chi connectivity index (χ1n) is 6.94. The number of benzene rings is 2. The van der Waals surface area contributed by atoms with E-state index < -0.39 is 6.04 Å². The minimum absolute atomic E-state index is 0.0717. The summed E-state index contributed by atoms with van der Waals surface area (Å²) in [6, 6.07) is 17.7. The van der Waals surface area contributed by atoms with E-state index in [2.05, 4.69) is 22.8 Å². The summed E-state index contributed by atoms with van der Waals surface area (Å²) in [5.74, 6) is -0.262. The molecule has 2 amide bonds. The molecule has 0 spiro atoms. The number of amides is 2. The number of piperazine rings is 1. The van der Waals surface area contributed by atoms with Crippen LogP contribution in [0.4, 0.5) is 0 Å². The van der Waals surface area contributed by atoms with E-state index in [1.54, 1.807) is 0 Å². The van der Waals surface area contributed by atoms with Crippen molar-refractivity contribution in [2.45, 2.75) is 12.5 Å². The van der Waals surface area contributed by atoms with Gasteiger partial charge in [-0.05, 0) is 16.7 Å². The van der Waals surface area contributed by atoms with Crippen LogP contribution in [0.3, 0.4) is 0 Å². The molecule has 3 rings (SSSR count). The molecule has 1 fully saturated rings. The van der Waals surface area contributed by atoms with Gasteiger partial charge >= 0.3 is 0 Å². The quantitative estimate of drug-likeness (QED) is 0.895. The van der Waals surface area contributed by atoms with Crippen LogP contribution >= 0.6 is 0 Å². The van der Waals surface area contributed by atoms with Crippen LogP contribution < -0.4 is 10.6 Å². The molecule has 1 aliphatic heterocycles. The number of carbonyl (C=O) groups excluding carboxylic acids is 2. The van der Waals surface area contributed by atoms with Gasteiger partial charge < -0.3 is 10.6 Å². The average molecular weight is 280 g/mol. The highest BCUT2D eigenvalue weighted by molar-refractivity contribution is 5.94. The Morgan fingerprint density at radius 1 is 0.905 bits per heavy atom. The van der Waals surface area contributed by atoms with Crippen LogP contribution in [0.15, 0.2) is 54.6 Å². The predicted octanol–water partition coefficient (Wildman–Crippen LogP) is 1.51. The zero-order valence-corrected chi connectivity index (χ0v) is 11.5. The van der Waals surface area contributed by atoms with Gasteiger partial charge in [0, 0.05) is 6.42 Å². The van der Waals surface area contributed by atoms with Crippen molar-refractivity contribution >= 4 is 11.8 Å². The molecule has 1 saturated heterocycles. The van der Waals surface area contributed by atoms with Crippen LogP contribution in [0.5, 0.6) is 0 Å². The SMILES string of the molecule is O=C1CNC(=O)[C@H](Cc2ccc(-c3ccccc3)cc2)N1. The summed E-state index contributed by atoms with van der Waals surface area (Å²) in [7, 11) is 0. The van der Waals surface area contributed by atoms with Crippen LogP contribution in [0.2, 0.25) is 0 Å². The summed E-state index contributed by atoms with van der Waals surface area (Å²) in [4.78, 5) is 23.0. The Labute approximate surface area is 123 Å². The third-order valence-corrected chi connectivity index (χ3v) is 3.58. The number of hydrogen-bond donors (Lipinski definition) is 2. The molecule has 106 valence electrons. The Hall–Kier alpha value is -2.62. The average Bonchev–Trinajstić information content (AvgIpc) is 2.53. The standard InChI is InChI=1S/C17H16N2O2/c20-16-11-18-17(21)15(19-16)10-12-6-8-14(9-7-12)13-4-2-1-3-5-13/h1-9,15H,10-11H2,(H,18,21)(H,19,20)/t15-/m0/s1. The Morgan fingerprint density at radius 2 is 1.57 bits per heavy atom. The molecule has 21 heavy (non-hydrogen) atoms. The molecule has 2 N–H and O–H groups in total. The summed E-state index contributed by atoms with van der Waals surface area (Å²) in [6.45, 7) is 0.0717. The van der Waals surface area contributed by atoms with Gasteiger partial charge in [-0.2, -0.15) is 0 Å². The van der Waals surface area contributed by atoms with Gasteiger partial charge in [-0.3, -0.25) is 9.59 Å². The Kier molecular flexibility index (Phi) is 3.69. The van der Waals surface area contributed by atoms with Crippen LogP contribution in [0.25, 0.3) is 11.1 Å². The van der Waals surface area contributed by atoms with E-state index in [4.69, 9.17) is 0 Å². The van der Waals surface area contributed by atoms with Crippen LogP contribution in [-0.2, 0) is 16.0 Å². The van der Waals surface area contributed by atoms with E-state index in [1.165, 1.54) is 0 Å². The van der Waals surface area contributed by atoms with Crippen LogP contribution in [-0.4, -0.2) is 24.4 Å². The van der Waals surface area contributed by atoms with Crippen molar-refractivity contribution in [3.63, 3.8) is 0 Å². The fourth-order valence-corrected chi connectivity index (χ4v) is 2.44. The summed E-state index contributed by atoms with van der Waals surface area (Å²) in [5.41, 5.74) is 3.32. The van der Waals surface area contributed by atoms with Crippen LogP contribution in [0.1, 0.15) is 5.56 Å². The second kappa shape index (κ2) is 5.79. The molecule has 1 atom stereocenters. The first-order valence-corrected chi connectivity index (χ1v) is 6.94. The molecular formula is C17H16N2O2. The van der Waals surface area contributed by atoms with E-state index in [-0.39, 0.29) is 18.4 Å². The van der Waals surface area contributed by atoms with Gasteiger partial charge in [0.2, 0.25) is 11.8 Å². The van der Waals surface area contributed by atoms with Gasteiger partial charge in [0.1, 0.15) is 6.04 Å². The molecule has 2 aromatic rings. The molecule has 0 bridgehead atoms. The normalized spacial score (nSPS) is 18.0. The second-order valence-corrected chi connectivity index (χ2v) is 5.10. The predicted molar refractivity (Wildman–Crippen MR) is 80.5 cm³/mol. The van der Waals surface area contributed by atoms with E-state index in [9.17, 15) is 9.59 Å². The fourth-order valence-electron chi connectivity index (χ4n) is 2.44. The lowest BCUT2D eigenvalue weighted by Crippen LogP contribution is -2.56. The molecule has 2 aromatic carbocycles. The molecule has 1 aliphatic rings. The van der Waals surface area contributed by atoms with E-state index in [0.29, 0.717) is 6.42 Å². The van der Waals surface area contributed by atoms with Gasteiger partial charge in [-0.25, -0.2) is 0 Å². The smallest absolute Gasteiger partial charge is 0.243 e. The molecule has 4 heteroatoms. The lowest BCUT2D eigenvalue weighted by Gasteiger charge is -2.23. The number of carbonyl (C=O) groups is 2. The maximum Gasteiger partial charge on any atom is 0.243 e. The largest absolute Gasteiger partial charge is 0.345 e. The molecule has 0 aromatic heterocycles. The van der Waals surface area contributed by atoms with Gasteiger partial charge in [-0.1, -0.05) is 54.6 Å². The monoisotopic (exact) mass is 280 g/mol. The molecule has 4 nitrogen and oxygen atoms in total. The molecular weight excluding hydrogens is 264 g/mol. The molecule has 0 radical (unpaired) electrons. The highest BCUT2D eigenvalue weighted by atomic mass is 16.2. The van der Waals surface area contributed by atoms with Gasteiger partial charge in [0.15, 0.2) is 0 Å². The van der Waals surface area contributed by atoms with Gasteiger partial charge in [0.25, 0.3) is 0 Å². The number of rotatable bonds is 3.